The van der Waals surface area contributed by atoms with Crippen LogP contribution in [0.5, 0.6) is 0 Å². The monoisotopic (exact) mass is 455 g/mol. The lowest BCUT2D eigenvalue weighted by Gasteiger charge is -2.13. The van der Waals surface area contributed by atoms with Crippen molar-refractivity contribution in [1.29, 1.82) is 0 Å². The molecule has 1 amide bonds. The molecule has 0 spiro atoms. The maximum absolute atomic E-state index is 12.8. The van der Waals surface area contributed by atoms with E-state index in [1.165, 1.54) is 16.3 Å². The molecule has 2 heterocycles. The Balaban J connectivity index is 1.78. The second kappa shape index (κ2) is 8.37. The van der Waals surface area contributed by atoms with E-state index >= 15 is 0 Å². The first-order valence-corrected chi connectivity index (χ1v) is 9.91. The highest BCUT2D eigenvalue weighted by Gasteiger charge is 2.33. The number of fused-ring (bicyclic) bond motifs is 1. The van der Waals surface area contributed by atoms with Gasteiger partial charge in [0.05, 0.1) is 16.9 Å². The maximum Gasteiger partial charge on any atom is 0.416 e. The molecule has 0 unspecified atom stereocenters. The summed E-state index contributed by atoms with van der Waals surface area (Å²) in [5, 5.41) is 15.9. The molecule has 164 valence electrons. The van der Waals surface area contributed by atoms with E-state index in [0.717, 1.165) is 6.07 Å². The fraction of sp³-hybridized carbons (Fsp3) is 0.294. The van der Waals surface area contributed by atoms with Gasteiger partial charge in [0.15, 0.2) is 0 Å². The minimum Gasteiger partial charge on any atom is -0.292 e. The molecular weight excluding hydrogens is 439 g/mol. The van der Waals surface area contributed by atoms with Crippen LogP contribution in [0.4, 0.5) is 24.5 Å². The lowest BCUT2D eigenvalue weighted by atomic mass is 10.1. The standard InChI is InChI=1S/C17H16F3N7O3S/c1-8-11(9(2)26-15(21-8)22-16(25-26)31-3)7-14(28)24-23-12-5-4-10(17(18,19)20)6-13(12)27(29)30/h4-6,23H,7H2,1-3H3,(H,24,28). The first-order valence-electron chi connectivity index (χ1n) is 8.68. The Morgan fingerprint density at radius 3 is 2.61 bits per heavy atom. The molecule has 3 aromatic rings. The van der Waals surface area contributed by atoms with Crippen molar-refractivity contribution < 1.29 is 22.9 Å². The summed E-state index contributed by atoms with van der Waals surface area (Å²) in [6, 6.07) is 1.96. The second-order valence-electron chi connectivity index (χ2n) is 6.41. The molecule has 10 nitrogen and oxygen atoms in total. The van der Waals surface area contributed by atoms with Crippen molar-refractivity contribution in [3.8, 4) is 0 Å². The average molecular weight is 455 g/mol. The molecule has 14 heteroatoms. The minimum atomic E-state index is -4.73. The number of carbonyl (C=O) groups is 1. The van der Waals surface area contributed by atoms with Gasteiger partial charge in [-0.3, -0.25) is 25.8 Å². The molecule has 0 fully saturated rings. The Morgan fingerprint density at radius 1 is 1.29 bits per heavy atom. The fourth-order valence-corrected chi connectivity index (χ4v) is 3.18. The molecule has 2 N–H and O–H groups in total. The Morgan fingerprint density at radius 2 is 2.00 bits per heavy atom. The molecule has 3 rings (SSSR count). The molecule has 0 aliphatic rings. The summed E-state index contributed by atoms with van der Waals surface area (Å²) in [5.74, 6) is -0.186. The van der Waals surface area contributed by atoms with Crippen LogP contribution in [0.3, 0.4) is 0 Å². The summed E-state index contributed by atoms with van der Waals surface area (Å²) in [5.41, 5.74) is 4.09. The number of aryl methyl sites for hydroxylation is 2. The number of nitrogens with one attached hydrogen (secondary N) is 2. The van der Waals surface area contributed by atoms with Crippen molar-refractivity contribution in [2.45, 2.75) is 31.6 Å². The van der Waals surface area contributed by atoms with E-state index in [9.17, 15) is 28.1 Å². The molecule has 0 aliphatic heterocycles. The molecule has 0 atom stereocenters. The van der Waals surface area contributed by atoms with Crippen LogP contribution < -0.4 is 10.9 Å². The number of hydrazine groups is 1. The van der Waals surface area contributed by atoms with Crippen molar-refractivity contribution in [2.75, 3.05) is 11.7 Å². The van der Waals surface area contributed by atoms with Crippen LogP contribution in [0.25, 0.3) is 5.78 Å². The number of aromatic nitrogens is 4. The summed E-state index contributed by atoms with van der Waals surface area (Å²) in [7, 11) is 0. The Labute approximate surface area is 177 Å². The lowest BCUT2D eigenvalue weighted by Crippen LogP contribution is -2.31. The fourth-order valence-electron chi connectivity index (χ4n) is 2.84. The maximum atomic E-state index is 12.8. The first kappa shape index (κ1) is 22.3. The van der Waals surface area contributed by atoms with Crippen LogP contribution in [0.15, 0.2) is 23.4 Å². The molecule has 0 radical (unpaired) electrons. The van der Waals surface area contributed by atoms with E-state index < -0.39 is 28.3 Å². The highest BCUT2D eigenvalue weighted by Crippen LogP contribution is 2.34. The zero-order valence-electron chi connectivity index (χ0n) is 16.4. The number of benzene rings is 1. The number of nitro benzene ring substituents is 1. The van der Waals surface area contributed by atoms with Gasteiger partial charge in [-0.15, -0.1) is 5.10 Å². The quantitative estimate of drug-likeness (QED) is 0.330. The van der Waals surface area contributed by atoms with Gasteiger partial charge < -0.3 is 0 Å². The summed E-state index contributed by atoms with van der Waals surface area (Å²) in [6.45, 7) is 3.45. The topological polar surface area (TPSA) is 127 Å². The number of hydrogen-bond acceptors (Lipinski definition) is 8. The lowest BCUT2D eigenvalue weighted by molar-refractivity contribution is -0.384. The SMILES string of the molecule is CSc1nc2nc(C)c(CC(=O)NNc3ccc(C(F)(F)F)cc3[N+](=O)[O-])c(C)n2n1. The Kier molecular flexibility index (Phi) is 6.01. The number of carbonyl (C=O) groups excluding carboxylic acids is 1. The first-order chi connectivity index (χ1) is 14.5. The second-order valence-corrected chi connectivity index (χ2v) is 7.18. The van der Waals surface area contributed by atoms with E-state index in [4.69, 9.17) is 0 Å². The third kappa shape index (κ3) is 4.68. The van der Waals surface area contributed by atoms with Gasteiger partial charge in [-0.2, -0.15) is 18.2 Å². The highest BCUT2D eigenvalue weighted by atomic mass is 32.2. The minimum absolute atomic E-state index is 0.142. The third-order valence-corrected chi connectivity index (χ3v) is 4.95. The van der Waals surface area contributed by atoms with E-state index in [2.05, 4.69) is 25.9 Å². The van der Waals surface area contributed by atoms with Gasteiger partial charge in [0.2, 0.25) is 11.1 Å². The van der Waals surface area contributed by atoms with E-state index in [1.807, 2.05) is 6.26 Å². The summed E-state index contributed by atoms with van der Waals surface area (Å²) in [4.78, 5) is 31.1. The van der Waals surface area contributed by atoms with Gasteiger partial charge in [-0.1, -0.05) is 11.8 Å². The number of alkyl halides is 3. The van der Waals surface area contributed by atoms with Crippen molar-refractivity contribution >= 4 is 34.8 Å². The smallest absolute Gasteiger partial charge is 0.292 e. The van der Waals surface area contributed by atoms with Crippen molar-refractivity contribution in [3.63, 3.8) is 0 Å². The number of rotatable bonds is 6. The van der Waals surface area contributed by atoms with Crippen molar-refractivity contribution in [1.82, 2.24) is 25.0 Å². The van der Waals surface area contributed by atoms with Crippen LogP contribution in [0.1, 0.15) is 22.5 Å². The zero-order chi connectivity index (χ0) is 22.9. The number of thioether (sulfide) groups is 1. The number of amides is 1. The average Bonchev–Trinajstić information content (AvgIpc) is 3.11. The van der Waals surface area contributed by atoms with Gasteiger partial charge >= 0.3 is 6.18 Å². The molecule has 0 saturated carbocycles. The molecule has 2 aromatic heterocycles. The molecule has 1 aromatic carbocycles. The summed E-state index contributed by atoms with van der Waals surface area (Å²) < 4.78 is 39.9. The molecule has 0 aliphatic carbocycles. The van der Waals surface area contributed by atoms with Crippen LogP contribution in [-0.4, -0.2) is 36.7 Å². The molecule has 0 bridgehead atoms. The van der Waals surface area contributed by atoms with Crippen molar-refractivity contribution in [2.24, 2.45) is 0 Å². The predicted octanol–water partition coefficient (Wildman–Crippen LogP) is 3.08. The van der Waals surface area contributed by atoms with E-state index in [-0.39, 0.29) is 12.1 Å². The Hall–Kier alpha value is -3.42. The zero-order valence-corrected chi connectivity index (χ0v) is 17.3. The van der Waals surface area contributed by atoms with Gasteiger partial charge in [0.1, 0.15) is 5.69 Å². The number of anilines is 1. The number of nitrogens with zero attached hydrogens (tertiary/aromatic N) is 5. The van der Waals surface area contributed by atoms with Crippen LogP contribution in [0, 0.1) is 24.0 Å². The number of hydrogen-bond donors (Lipinski definition) is 2. The molecular formula is C17H16F3N7O3S. The van der Waals surface area contributed by atoms with Gasteiger partial charge in [0, 0.05) is 23.0 Å². The van der Waals surface area contributed by atoms with E-state index in [1.54, 1.807) is 13.8 Å². The van der Waals surface area contributed by atoms with Gasteiger partial charge in [-0.05, 0) is 32.2 Å². The number of halogens is 3. The van der Waals surface area contributed by atoms with Crippen molar-refractivity contribution in [3.05, 3.63) is 50.8 Å². The molecule has 0 saturated heterocycles. The summed E-state index contributed by atoms with van der Waals surface area (Å²) >= 11 is 1.34. The van der Waals surface area contributed by atoms with Crippen LogP contribution >= 0.6 is 11.8 Å². The Bertz CT molecular complexity index is 1180. The van der Waals surface area contributed by atoms with Gasteiger partial charge in [-0.25, -0.2) is 9.50 Å². The van der Waals surface area contributed by atoms with Crippen LogP contribution in [-0.2, 0) is 17.4 Å². The van der Waals surface area contributed by atoms with E-state index in [0.29, 0.717) is 40.0 Å². The number of nitro groups is 1. The summed E-state index contributed by atoms with van der Waals surface area (Å²) in [6.07, 6.45) is -3.06. The predicted molar refractivity (Wildman–Crippen MR) is 106 cm³/mol. The largest absolute Gasteiger partial charge is 0.416 e. The van der Waals surface area contributed by atoms with Gasteiger partial charge in [0.25, 0.3) is 11.5 Å². The third-order valence-electron chi connectivity index (χ3n) is 4.41. The normalized spacial score (nSPS) is 11.5. The highest BCUT2D eigenvalue weighted by molar-refractivity contribution is 7.98. The molecule has 31 heavy (non-hydrogen) atoms. The van der Waals surface area contributed by atoms with Crippen LogP contribution in [0.2, 0.25) is 0 Å².